The van der Waals surface area contributed by atoms with E-state index in [0.29, 0.717) is 50.3 Å². The average Bonchev–Trinajstić information content (AvgIpc) is 3.44. The van der Waals surface area contributed by atoms with Gasteiger partial charge in [0.1, 0.15) is 24.0 Å². The van der Waals surface area contributed by atoms with Crippen LogP contribution in [0.25, 0.3) is 5.78 Å². The predicted octanol–water partition coefficient (Wildman–Crippen LogP) is 4.41. The number of hydrogen-bond donors (Lipinski definition) is 1. The van der Waals surface area contributed by atoms with Crippen LogP contribution in [-0.2, 0) is 28.7 Å². The number of alkyl halides is 4. The van der Waals surface area contributed by atoms with E-state index in [1.807, 2.05) is 11.8 Å². The van der Waals surface area contributed by atoms with Crippen molar-refractivity contribution in [2.75, 3.05) is 54.4 Å². The molecule has 5 rings (SSSR count). The molecule has 2 amide bonds. The van der Waals surface area contributed by atoms with Crippen molar-refractivity contribution in [1.82, 2.24) is 24.1 Å². The van der Waals surface area contributed by atoms with E-state index in [-0.39, 0.29) is 49.2 Å². The van der Waals surface area contributed by atoms with Gasteiger partial charge in [0.2, 0.25) is 17.6 Å². The first-order valence-corrected chi connectivity index (χ1v) is 15.7. The Labute approximate surface area is 269 Å². The van der Waals surface area contributed by atoms with E-state index in [1.165, 1.54) is 13.0 Å². The van der Waals surface area contributed by atoms with Gasteiger partial charge in [-0.15, -0.1) is 5.10 Å². The first-order chi connectivity index (χ1) is 22.1. The van der Waals surface area contributed by atoms with Gasteiger partial charge in [0.25, 0.3) is 5.56 Å². The SMILES string of the molecule is CCc1c(N2CCN(C(=O)OC(C)(C)C)CC2)c(=O)n2nc(N3CCCC(F)C3)nc2n1CC(=O)Nc1ccc(C(F)(F)F)cc1C. The highest BCUT2D eigenvalue weighted by Crippen LogP contribution is 2.32. The van der Waals surface area contributed by atoms with Crippen LogP contribution in [-0.4, -0.2) is 87.1 Å². The van der Waals surface area contributed by atoms with E-state index in [9.17, 15) is 31.9 Å². The number of rotatable bonds is 6. The molecule has 0 saturated carbocycles. The highest BCUT2D eigenvalue weighted by atomic mass is 19.4. The first kappa shape index (κ1) is 34.0. The van der Waals surface area contributed by atoms with Gasteiger partial charge in [0.15, 0.2) is 0 Å². The van der Waals surface area contributed by atoms with Gasteiger partial charge in [-0.1, -0.05) is 6.92 Å². The number of aromatic nitrogens is 4. The molecule has 4 heterocycles. The summed E-state index contributed by atoms with van der Waals surface area (Å²) in [4.78, 5) is 49.9. The molecule has 1 unspecified atom stereocenters. The smallest absolute Gasteiger partial charge is 0.416 e. The van der Waals surface area contributed by atoms with Crippen LogP contribution in [0.3, 0.4) is 0 Å². The van der Waals surface area contributed by atoms with Crippen LogP contribution in [0.5, 0.6) is 0 Å². The largest absolute Gasteiger partial charge is 0.444 e. The van der Waals surface area contributed by atoms with Crippen molar-refractivity contribution in [3.8, 4) is 0 Å². The summed E-state index contributed by atoms with van der Waals surface area (Å²) in [5.41, 5.74) is -0.735. The third kappa shape index (κ3) is 7.46. The molecule has 1 atom stereocenters. The number of anilines is 3. The minimum Gasteiger partial charge on any atom is -0.444 e. The Morgan fingerprint density at radius 3 is 2.36 bits per heavy atom. The molecule has 2 fully saturated rings. The molecule has 12 nitrogen and oxygen atoms in total. The lowest BCUT2D eigenvalue weighted by molar-refractivity contribution is -0.137. The maximum Gasteiger partial charge on any atom is 0.416 e. The second-order valence-corrected chi connectivity index (χ2v) is 12.9. The molecule has 2 aromatic heterocycles. The maximum absolute atomic E-state index is 14.3. The molecule has 2 aliphatic rings. The molecule has 1 aromatic carbocycles. The number of carbonyl (C=O) groups excluding carboxylic acids is 2. The fourth-order valence-electron chi connectivity index (χ4n) is 5.91. The Balaban J connectivity index is 1.51. The minimum atomic E-state index is -4.53. The van der Waals surface area contributed by atoms with Crippen LogP contribution in [0.4, 0.5) is 39.7 Å². The third-order valence-electron chi connectivity index (χ3n) is 8.17. The lowest BCUT2D eigenvalue weighted by atomic mass is 10.1. The van der Waals surface area contributed by atoms with Gasteiger partial charge in [-0.25, -0.2) is 9.18 Å². The average molecular weight is 665 g/mol. The number of piperidine rings is 1. The molecule has 256 valence electrons. The van der Waals surface area contributed by atoms with Gasteiger partial charge < -0.3 is 29.3 Å². The Kier molecular flexibility index (Phi) is 9.42. The standard InChI is InChI=1S/C31H40F4N8O4/c1-6-23-25(39-12-14-40(15-13-39)29(46)47-30(3,4)5)26(45)43-28(37-27(38-43)41-11-7-8-21(32)17-41)42(23)18-24(44)36-22-10-9-20(16-19(22)2)31(33,34)35/h9-10,16,21H,6-8,11-15,17-18H2,1-5H3,(H,36,44). The molecule has 0 aliphatic carbocycles. The summed E-state index contributed by atoms with van der Waals surface area (Å²) in [7, 11) is 0. The van der Waals surface area contributed by atoms with Crippen molar-refractivity contribution in [3.63, 3.8) is 0 Å². The minimum absolute atomic E-state index is 0.0683. The number of carbonyl (C=O) groups is 2. The number of nitrogens with one attached hydrogen (secondary N) is 1. The number of amides is 2. The van der Waals surface area contributed by atoms with Gasteiger partial charge in [0, 0.05) is 38.4 Å². The van der Waals surface area contributed by atoms with E-state index < -0.39 is 41.1 Å². The van der Waals surface area contributed by atoms with Gasteiger partial charge in [-0.05, 0) is 70.7 Å². The number of piperazine rings is 1. The molecular formula is C31H40F4N8O4. The highest BCUT2D eigenvalue weighted by Gasteiger charge is 2.33. The number of hydrogen-bond acceptors (Lipinski definition) is 8. The predicted molar refractivity (Wildman–Crippen MR) is 168 cm³/mol. The van der Waals surface area contributed by atoms with Crippen LogP contribution in [0.1, 0.15) is 57.4 Å². The lowest BCUT2D eigenvalue weighted by Crippen LogP contribution is -2.51. The van der Waals surface area contributed by atoms with Gasteiger partial charge >= 0.3 is 12.3 Å². The fourth-order valence-corrected chi connectivity index (χ4v) is 5.91. The van der Waals surface area contributed by atoms with Gasteiger partial charge in [-0.2, -0.15) is 22.7 Å². The normalized spacial score (nSPS) is 17.7. The number of halogens is 4. The molecule has 2 aliphatic heterocycles. The van der Waals surface area contributed by atoms with Crippen LogP contribution in [0.15, 0.2) is 23.0 Å². The summed E-state index contributed by atoms with van der Waals surface area (Å²) >= 11 is 0. The Morgan fingerprint density at radius 1 is 1.06 bits per heavy atom. The van der Waals surface area contributed by atoms with E-state index in [2.05, 4.69) is 15.4 Å². The van der Waals surface area contributed by atoms with Crippen molar-refractivity contribution < 1.29 is 31.9 Å². The molecular weight excluding hydrogens is 624 g/mol. The molecule has 0 bridgehead atoms. The second-order valence-electron chi connectivity index (χ2n) is 12.9. The number of benzene rings is 1. The number of ether oxygens (including phenoxy) is 1. The summed E-state index contributed by atoms with van der Waals surface area (Å²) in [5.74, 6) is -0.315. The third-order valence-corrected chi connectivity index (χ3v) is 8.17. The molecule has 0 radical (unpaired) electrons. The van der Waals surface area contributed by atoms with Crippen LogP contribution >= 0.6 is 0 Å². The fraction of sp³-hybridized carbons (Fsp3) is 0.581. The van der Waals surface area contributed by atoms with E-state index in [4.69, 9.17) is 4.74 Å². The zero-order valence-corrected chi connectivity index (χ0v) is 27.2. The second kappa shape index (κ2) is 13.0. The zero-order chi connectivity index (χ0) is 34.3. The quantitative estimate of drug-likeness (QED) is 0.386. The van der Waals surface area contributed by atoms with Crippen molar-refractivity contribution in [1.29, 1.82) is 0 Å². The van der Waals surface area contributed by atoms with Crippen LogP contribution in [0, 0.1) is 6.92 Å². The van der Waals surface area contributed by atoms with Crippen molar-refractivity contribution >= 4 is 35.1 Å². The summed E-state index contributed by atoms with van der Waals surface area (Å²) in [6, 6.07) is 3.06. The topological polar surface area (TPSA) is 117 Å². The van der Waals surface area contributed by atoms with Crippen molar-refractivity contribution in [3.05, 3.63) is 45.4 Å². The zero-order valence-electron chi connectivity index (χ0n) is 27.2. The number of aryl methyl sites for hydroxylation is 1. The first-order valence-electron chi connectivity index (χ1n) is 15.7. The Bertz CT molecular complexity index is 1710. The number of nitrogens with zero attached hydrogens (tertiary/aromatic N) is 7. The van der Waals surface area contributed by atoms with Gasteiger partial charge in [0.05, 0.1) is 17.8 Å². The summed E-state index contributed by atoms with van der Waals surface area (Å²) in [6.07, 6.45) is -4.73. The summed E-state index contributed by atoms with van der Waals surface area (Å²) < 4.78 is 62.1. The summed E-state index contributed by atoms with van der Waals surface area (Å²) in [5, 5.41) is 7.15. The van der Waals surface area contributed by atoms with Crippen molar-refractivity contribution in [2.24, 2.45) is 0 Å². The number of fused-ring (bicyclic) bond motifs is 1. The van der Waals surface area contributed by atoms with Crippen LogP contribution < -0.4 is 20.7 Å². The molecule has 0 spiro atoms. The maximum atomic E-state index is 14.3. The van der Waals surface area contributed by atoms with Crippen molar-refractivity contribution in [2.45, 2.75) is 78.4 Å². The monoisotopic (exact) mass is 664 g/mol. The van der Waals surface area contributed by atoms with E-state index in [0.717, 1.165) is 16.6 Å². The van der Waals surface area contributed by atoms with Gasteiger partial charge in [-0.3, -0.25) is 9.59 Å². The molecule has 16 heteroatoms. The van der Waals surface area contributed by atoms with Crippen LogP contribution in [0.2, 0.25) is 0 Å². The molecule has 3 aromatic rings. The Hall–Kier alpha value is -4.37. The lowest BCUT2D eigenvalue weighted by Gasteiger charge is -2.37. The molecule has 2 saturated heterocycles. The highest BCUT2D eigenvalue weighted by molar-refractivity contribution is 5.91. The Morgan fingerprint density at radius 2 is 1.77 bits per heavy atom. The molecule has 47 heavy (non-hydrogen) atoms. The summed E-state index contributed by atoms with van der Waals surface area (Å²) in [6.45, 7) is 10.1. The van der Waals surface area contributed by atoms with E-state index in [1.54, 1.807) is 35.1 Å². The van der Waals surface area contributed by atoms with E-state index >= 15 is 0 Å². The molecule has 1 N–H and O–H groups in total.